The van der Waals surface area contributed by atoms with Gasteiger partial charge >= 0.3 is 0 Å². The zero-order valence-electron chi connectivity index (χ0n) is 6.84. The molecule has 0 rings (SSSR count). The summed E-state index contributed by atoms with van der Waals surface area (Å²) >= 11 is 0. The van der Waals surface area contributed by atoms with E-state index in [1.165, 1.54) is 20.8 Å². The fraction of sp³-hybridized carbons (Fsp3) is 0.833. The molecule has 4 heteroatoms. The van der Waals surface area contributed by atoms with Crippen molar-refractivity contribution >= 4 is 5.97 Å². The summed E-state index contributed by atoms with van der Waals surface area (Å²) in [5.41, 5.74) is -1.18. The van der Waals surface area contributed by atoms with Crippen molar-refractivity contribution in [3.63, 3.8) is 0 Å². The van der Waals surface area contributed by atoms with E-state index in [1.807, 2.05) is 0 Å². The predicted octanol–water partition coefficient (Wildman–Crippen LogP) is -0.480. The molecule has 62 valence electrons. The summed E-state index contributed by atoms with van der Waals surface area (Å²) in [6.07, 6.45) is 0. The lowest BCUT2D eigenvalue weighted by Crippen LogP contribution is -2.42. The summed E-state index contributed by atoms with van der Waals surface area (Å²) in [6, 6.07) is 0. The minimum absolute atomic E-state index is 0. The summed E-state index contributed by atoms with van der Waals surface area (Å²) in [4.78, 5) is 10.1. The molecule has 0 fully saturated rings. The number of hydrogen-bond donors (Lipinski definition) is 2. The Kier molecular flexibility index (Phi) is 4.27. The Bertz CT molecular complexity index is 117. The maximum atomic E-state index is 10.1. The van der Waals surface area contributed by atoms with Gasteiger partial charge in [-0.05, 0) is 13.8 Å². The quantitative estimate of drug-likeness (QED) is 0.554. The Hall–Kier alpha value is -0.610. The largest absolute Gasteiger partial charge is 0.550 e. The van der Waals surface area contributed by atoms with Gasteiger partial charge in [0.15, 0.2) is 0 Å². The van der Waals surface area contributed by atoms with Gasteiger partial charge in [0.25, 0.3) is 0 Å². The molecule has 0 aromatic rings. The van der Waals surface area contributed by atoms with E-state index in [-0.39, 0.29) is 6.15 Å². The van der Waals surface area contributed by atoms with Crippen molar-refractivity contribution < 1.29 is 15.0 Å². The van der Waals surface area contributed by atoms with Crippen LogP contribution >= 0.6 is 0 Å². The third-order valence-electron chi connectivity index (χ3n) is 1.41. The van der Waals surface area contributed by atoms with Crippen LogP contribution in [0.4, 0.5) is 0 Å². The molecule has 0 aromatic heterocycles. The lowest BCUT2D eigenvalue weighted by Gasteiger charge is -2.26. The first-order valence-corrected chi connectivity index (χ1v) is 2.79. The minimum atomic E-state index is -1.22. The normalized spacial score (nSPS) is 13.6. The second-order valence-electron chi connectivity index (χ2n) is 2.69. The first-order chi connectivity index (χ1) is 3.85. The topological polar surface area (TPSA) is 96.9 Å². The fourth-order valence-corrected chi connectivity index (χ4v) is 0.288. The minimum Gasteiger partial charge on any atom is -0.550 e. The van der Waals surface area contributed by atoms with Gasteiger partial charge in [-0.25, -0.2) is 0 Å². The summed E-state index contributed by atoms with van der Waals surface area (Å²) < 4.78 is 0. The van der Waals surface area contributed by atoms with Crippen LogP contribution in [0.2, 0.25) is 0 Å². The van der Waals surface area contributed by atoms with Gasteiger partial charge in [0, 0.05) is 11.9 Å². The molecule has 4 nitrogen and oxygen atoms in total. The average molecular weight is 149 g/mol. The number of aliphatic hydroxyl groups is 1. The van der Waals surface area contributed by atoms with Crippen molar-refractivity contribution in [2.75, 3.05) is 0 Å². The maximum absolute atomic E-state index is 10.1. The van der Waals surface area contributed by atoms with Crippen molar-refractivity contribution in [3.05, 3.63) is 0 Å². The number of aliphatic carboxylic acids is 1. The standard InChI is InChI=1S/C6H12O3.H3N/c1-4(5(7)8)6(2,3)9;/h4,9H,1-3H3,(H,7,8);1H3. The Balaban J connectivity index is 0. The Morgan fingerprint density at radius 2 is 1.90 bits per heavy atom. The number of carboxylic acids is 1. The van der Waals surface area contributed by atoms with E-state index in [2.05, 4.69) is 0 Å². The number of rotatable bonds is 2. The van der Waals surface area contributed by atoms with E-state index in [0.717, 1.165) is 0 Å². The van der Waals surface area contributed by atoms with Gasteiger partial charge in [-0.3, -0.25) is 0 Å². The molecule has 0 aromatic carbocycles. The average Bonchev–Trinajstić information content (AvgIpc) is 1.62. The van der Waals surface area contributed by atoms with Gasteiger partial charge in [-0.1, -0.05) is 6.92 Å². The molecule has 1 atom stereocenters. The number of hydrogen-bond acceptors (Lipinski definition) is 3. The van der Waals surface area contributed by atoms with Gasteiger partial charge < -0.3 is 21.2 Å². The molecule has 0 aliphatic rings. The van der Waals surface area contributed by atoms with E-state index in [9.17, 15) is 9.90 Å². The predicted molar refractivity (Wildman–Crippen MR) is 36.5 cm³/mol. The van der Waals surface area contributed by atoms with Crippen LogP contribution < -0.4 is 11.3 Å². The molecule has 0 bridgehead atoms. The third kappa shape index (κ3) is 3.42. The molecule has 0 amide bonds. The van der Waals surface area contributed by atoms with Crippen LogP contribution in [0.1, 0.15) is 20.8 Å². The van der Waals surface area contributed by atoms with Gasteiger partial charge in [0.2, 0.25) is 0 Å². The Morgan fingerprint density at radius 3 is 1.90 bits per heavy atom. The van der Waals surface area contributed by atoms with E-state index >= 15 is 0 Å². The van der Waals surface area contributed by atoms with Gasteiger partial charge in [-0.15, -0.1) is 0 Å². The first-order valence-electron chi connectivity index (χ1n) is 2.79. The van der Waals surface area contributed by atoms with Crippen LogP contribution in [-0.4, -0.2) is 16.7 Å². The molecule has 0 saturated heterocycles. The molecule has 0 saturated carbocycles. The summed E-state index contributed by atoms with van der Waals surface area (Å²) in [7, 11) is 0. The molecule has 0 aliphatic heterocycles. The molecular weight excluding hydrogens is 134 g/mol. The highest BCUT2D eigenvalue weighted by Gasteiger charge is 2.22. The van der Waals surface area contributed by atoms with E-state index < -0.39 is 17.5 Å². The molecule has 0 radical (unpaired) electrons. The van der Waals surface area contributed by atoms with Crippen LogP contribution in [0.5, 0.6) is 0 Å². The monoisotopic (exact) mass is 149 g/mol. The number of carboxylic acid groups (broad SMARTS) is 1. The van der Waals surface area contributed by atoms with Crippen molar-refractivity contribution in [2.45, 2.75) is 26.4 Å². The van der Waals surface area contributed by atoms with E-state index in [0.29, 0.717) is 0 Å². The molecule has 10 heavy (non-hydrogen) atoms. The smallest absolute Gasteiger partial charge is 0.0669 e. The van der Waals surface area contributed by atoms with Crippen molar-refractivity contribution in [1.82, 2.24) is 6.15 Å². The van der Waals surface area contributed by atoms with Crippen LogP contribution in [0.3, 0.4) is 0 Å². The number of quaternary nitrogens is 1. The van der Waals surface area contributed by atoms with Crippen molar-refractivity contribution in [1.29, 1.82) is 0 Å². The van der Waals surface area contributed by atoms with Crippen molar-refractivity contribution in [3.8, 4) is 0 Å². The summed E-state index contributed by atoms with van der Waals surface area (Å²) in [5, 5.41) is 19.1. The van der Waals surface area contributed by atoms with Gasteiger partial charge in [0.05, 0.1) is 5.60 Å². The lowest BCUT2D eigenvalue weighted by molar-refractivity contribution is -0.315. The summed E-state index contributed by atoms with van der Waals surface area (Å²) in [6.45, 7) is 4.29. The SMILES string of the molecule is CC(C(=O)[O-])C(C)(C)O.[NH4+]. The van der Waals surface area contributed by atoms with Crippen LogP contribution in [0.15, 0.2) is 0 Å². The van der Waals surface area contributed by atoms with Gasteiger partial charge in [-0.2, -0.15) is 0 Å². The first kappa shape index (κ1) is 12.1. The highest BCUT2D eigenvalue weighted by Crippen LogP contribution is 2.13. The second kappa shape index (κ2) is 3.53. The zero-order valence-corrected chi connectivity index (χ0v) is 6.84. The Morgan fingerprint density at radius 1 is 1.60 bits per heavy atom. The van der Waals surface area contributed by atoms with Gasteiger partial charge in [0.1, 0.15) is 0 Å². The van der Waals surface area contributed by atoms with Crippen LogP contribution in [-0.2, 0) is 4.79 Å². The molecular formula is C6H15NO3. The zero-order chi connectivity index (χ0) is 7.65. The van der Waals surface area contributed by atoms with Crippen LogP contribution in [0, 0.1) is 5.92 Å². The highest BCUT2D eigenvalue weighted by molar-refractivity contribution is 5.68. The molecule has 5 N–H and O–H groups in total. The maximum Gasteiger partial charge on any atom is 0.0669 e. The second-order valence-corrected chi connectivity index (χ2v) is 2.69. The van der Waals surface area contributed by atoms with Crippen LogP contribution in [0.25, 0.3) is 0 Å². The number of carbonyl (C=O) groups excluding carboxylic acids is 1. The molecule has 0 heterocycles. The molecule has 0 aliphatic carbocycles. The fourth-order valence-electron chi connectivity index (χ4n) is 0.288. The lowest BCUT2D eigenvalue weighted by atomic mass is 9.93. The number of carbonyl (C=O) groups is 1. The van der Waals surface area contributed by atoms with E-state index in [1.54, 1.807) is 0 Å². The molecule has 1 unspecified atom stereocenters. The third-order valence-corrected chi connectivity index (χ3v) is 1.41. The summed E-state index contributed by atoms with van der Waals surface area (Å²) in [5.74, 6) is -2.04. The Labute approximate surface area is 60.4 Å². The highest BCUT2D eigenvalue weighted by atomic mass is 16.4. The van der Waals surface area contributed by atoms with Crippen molar-refractivity contribution in [2.24, 2.45) is 5.92 Å². The van der Waals surface area contributed by atoms with E-state index in [4.69, 9.17) is 5.11 Å². The molecule has 0 spiro atoms.